The van der Waals surface area contributed by atoms with E-state index in [4.69, 9.17) is 5.11 Å². The standard InChI is InChI=1S/C7H10N2O3/c10-5-1-3-9-4-2-6(11)8-7(9)12/h1,5,10H,2-4H2,(H,8,11,12). The fourth-order valence-corrected chi connectivity index (χ4v) is 0.947. The third kappa shape index (κ3) is 1.98. The number of hydrogen-bond donors (Lipinski definition) is 2. The number of urea groups is 1. The number of aliphatic hydroxyl groups is 1. The van der Waals surface area contributed by atoms with Crippen LogP contribution in [-0.4, -0.2) is 35.0 Å². The highest BCUT2D eigenvalue weighted by atomic mass is 16.2. The zero-order chi connectivity index (χ0) is 8.97. The van der Waals surface area contributed by atoms with E-state index in [2.05, 4.69) is 5.32 Å². The van der Waals surface area contributed by atoms with Crippen LogP contribution in [0.25, 0.3) is 0 Å². The van der Waals surface area contributed by atoms with Crippen LogP contribution in [0.15, 0.2) is 12.3 Å². The molecule has 1 saturated heterocycles. The first-order chi connectivity index (χ1) is 5.74. The van der Waals surface area contributed by atoms with Gasteiger partial charge in [0.25, 0.3) is 0 Å². The molecule has 1 heterocycles. The second-order valence-corrected chi connectivity index (χ2v) is 2.43. The van der Waals surface area contributed by atoms with Gasteiger partial charge in [0, 0.05) is 19.5 Å². The highest BCUT2D eigenvalue weighted by Crippen LogP contribution is 1.99. The Morgan fingerprint density at radius 3 is 2.92 bits per heavy atom. The van der Waals surface area contributed by atoms with Crippen molar-refractivity contribution in [2.75, 3.05) is 13.1 Å². The Morgan fingerprint density at radius 1 is 1.58 bits per heavy atom. The van der Waals surface area contributed by atoms with E-state index in [0.29, 0.717) is 19.5 Å². The summed E-state index contributed by atoms with van der Waals surface area (Å²) in [5, 5.41) is 10.5. The number of aliphatic hydroxyl groups excluding tert-OH is 1. The zero-order valence-corrected chi connectivity index (χ0v) is 6.49. The van der Waals surface area contributed by atoms with Gasteiger partial charge in [0.15, 0.2) is 0 Å². The lowest BCUT2D eigenvalue weighted by Gasteiger charge is -2.24. The molecule has 3 amide bonds. The topological polar surface area (TPSA) is 69.6 Å². The van der Waals surface area contributed by atoms with E-state index in [0.717, 1.165) is 6.26 Å². The van der Waals surface area contributed by atoms with E-state index in [1.807, 2.05) is 0 Å². The van der Waals surface area contributed by atoms with Crippen molar-refractivity contribution in [3.8, 4) is 0 Å². The molecule has 66 valence electrons. The fraction of sp³-hybridized carbons (Fsp3) is 0.429. The van der Waals surface area contributed by atoms with Gasteiger partial charge in [-0.3, -0.25) is 10.1 Å². The molecule has 0 aliphatic carbocycles. The van der Waals surface area contributed by atoms with E-state index in [-0.39, 0.29) is 5.91 Å². The van der Waals surface area contributed by atoms with Crippen molar-refractivity contribution in [1.29, 1.82) is 0 Å². The van der Waals surface area contributed by atoms with Crippen LogP contribution in [0.4, 0.5) is 4.79 Å². The average Bonchev–Trinajstić information content (AvgIpc) is 2.03. The van der Waals surface area contributed by atoms with Crippen molar-refractivity contribution in [2.45, 2.75) is 6.42 Å². The maximum absolute atomic E-state index is 11.0. The van der Waals surface area contributed by atoms with Crippen LogP contribution < -0.4 is 5.32 Å². The van der Waals surface area contributed by atoms with E-state index in [9.17, 15) is 9.59 Å². The number of rotatable bonds is 2. The van der Waals surface area contributed by atoms with Crippen molar-refractivity contribution in [1.82, 2.24) is 10.2 Å². The second kappa shape index (κ2) is 3.75. The van der Waals surface area contributed by atoms with E-state index in [1.54, 1.807) is 0 Å². The van der Waals surface area contributed by atoms with Crippen LogP contribution in [0, 0.1) is 0 Å². The van der Waals surface area contributed by atoms with Crippen molar-refractivity contribution < 1.29 is 14.7 Å². The third-order valence-electron chi connectivity index (χ3n) is 1.57. The van der Waals surface area contributed by atoms with E-state index < -0.39 is 6.03 Å². The number of imide groups is 1. The molecule has 1 aliphatic heterocycles. The van der Waals surface area contributed by atoms with Gasteiger partial charge in [0.2, 0.25) is 5.91 Å². The number of hydrogen-bond acceptors (Lipinski definition) is 3. The fourth-order valence-electron chi connectivity index (χ4n) is 0.947. The SMILES string of the molecule is O=C1CCN(CC=CO)C(=O)N1. The smallest absolute Gasteiger partial charge is 0.324 e. The van der Waals surface area contributed by atoms with E-state index >= 15 is 0 Å². The summed E-state index contributed by atoms with van der Waals surface area (Å²) in [4.78, 5) is 23.1. The minimum absolute atomic E-state index is 0.246. The van der Waals surface area contributed by atoms with Crippen molar-refractivity contribution in [2.24, 2.45) is 0 Å². The predicted octanol–water partition coefficient (Wildman–Crippen LogP) is 0.000000000000000222. The molecular weight excluding hydrogens is 160 g/mol. The van der Waals surface area contributed by atoms with Gasteiger partial charge < -0.3 is 10.0 Å². The maximum Gasteiger partial charge on any atom is 0.324 e. The minimum atomic E-state index is -0.399. The second-order valence-electron chi connectivity index (χ2n) is 2.43. The molecule has 2 N–H and O–H groups in total. The molecule has 0 atom stereocenters. The lowest BCUT2D eigenvalue weighted by Crippen LogP contribution is -2.49. The Labute approximate surface area is 69.7 Å². The molecule has 0 unspecified atom stereocenters. The van der Waals surface area contributed by atoms with Gasteiger partial charge in [-0.1, -0.05) is 0 Å². The summed E-state index contributed by atoms with van der Waals surface area (Å²) < 4.78 is 0. The molecule has 0 aromatic rings. The summed E-state index contributed by atoms with van der Waals surface area (Å²) in [6.07, 6.45) is 2.64. The lowest BCUT2D eigenvalue weighted by molar-refractivity contribution is -0.121. The lowest BCUT2D eigenvalue weighted by atomic mass is 10.3. The summed E-state index contributed by atoms with van der Waals surface area (Å²) in [7, 11) is 0. The quantitative estimate of drug-likeness (QED) is 0.573. The average molecular weight is 170 g/mol. The van der Waals surface area contributed by atoms with Crippen LogP contribution in [0.3, 0.4) is 0 Å². The summed E-state index contributed by atoms with van der Waals surface area (Å²) >= 11 is 0. The molecule has 0 saturated carbocycles. The van der Waals surface area contributed by atoms with Crippen molar-refractivity contribution >= 4 is 11.9 Å². The van der Waals surface area contributed by atoms with Gasteiger partial charge in [0.1, 0.15) is 0 Å². The van der Waals surface area contributed by atoms with Gasteiger partial charge in [0.05, 0.1) is 6.26 Å². The van der Waals surface area contributed by atoms with Crippen LogP contribution in [0.5, 0.6) is 0 Å². The van der Waals surface area contributed by atoms with Gasteiger partial charge in [-0.05, 0) is 6.08 Å². The maximum atomic E-state index is 11.0. The number of carbonyl (C=O) groups is 2. The first-order valence-corrected chi connectivity index (χ1v) is 3.62. The predicted molar refractivity (Wildman–Crippen MR) is 41.5 cm³/mol. The van der Waals surface area contributed by atoms with E-state index in [1.165, 1.54) is 11.0 Å². The zero-order valence-electron chi connectivity index (χ0n) is 6.49. The Morgan fingerprint density at radius 2 is 2.33 bits per heavy atom. The molecule has 0 aromatic heterocycles. The van der Waals surface area contributed by atoms with Gasteiger partial charge in [-0.25, -0.2) is 4.79 Å². The summed E-state index contributed by atoms with van der Waals surface area (Å²) in [5.41, 5.74) is 0. The van der Waals surface area contributed by atoms with Crippen LogP contribution in [0.1, 0.15) is 6.42 Å². The molecule has 0 radical (unpaired) electrons. The van der Waals surface area contributed by atoms with Crippen LogP contribution >= 0.6 is 0 Å². The highest BCUT2D eigenvalue weighted by Gasteiger charge is 2.21. The molecule has 0 bridgehead atoms. The molecule has 0 aromatic carbocycles. The minimum Gasteiger partial charge on any atom is -0.516 e. The first kappa shape index (κ1) is 8.58. The molecule has 5 nitrogen and oxygen atoms in total. The van der Waals surface area contributed by atoms with Crippen molar-refractivity contribution in [3.63, 3.8) is 0 Å². The molecule has 1 rings (SSSR count). The van der Waals surface area contributed by atoms with Crippen LogP contribution in [-0.2, 0) is 4.79 Å². The number of nitrogens with one attached hydrogen (secondary N) is 1. The molecule has 12 heavy (non-hydrogen) atoms. The number of amides is 3. The Kier molecular flexibility index (Phi) is 2.68. The molecule has 5 heteroatoms. The van der Waals surface area contributed by atoms with Crippen molar-refractivity contribution in [3.05, 3.63) is 12.3 Å². The monoisotopic (exact) mass is 170 g/mol. The summed E-state index contributed by atoms with van der Waals surface area (Å²) in [6.45, 7) is 0.741. The van der Waals surface area contributed by atoms with Gasteiger partial charge >= 0.3 is 6.03 Å². The Hall–Kier alpha value is -1.52. The normalized spacial score (nSPS) is 18.5. The molecule has 0 spiro atoms. The largest absolute Gasteiger partial charge is 0.516 e. The number of nitrogens with zero attached hydrogens (tertiary/aromatic N) is 1. The molecule has 1 aliphatic rings. The summed E-state index contributed by atoms with van der Waals surface area (Å²) in [5.74, 6) is -0.246. The number of carbonyl (C=O) groups excluding carboxylic acids is 2. The Bertz CT molecular complexity index is 225. The molecule has 1 fully saturated rings. The summed E-state index contributed by atoms with van der Waals surface area (Å²) in [6, 6.07) is -0.399. The first-order valence-electron chi connectivity index (χ1n) is 3.62. The van der Waals surface area contributed by atoms with Gasteiger partial charge in [-0.15, -0.1) is 0 Å². The Balaban J connectivity index is 2.45. The van der Waals surface area contributed by atoms with Gasteiger partial charge in [-0.2, -0.15) is 0 Å². The molecular formula is C7H10N2O3. The van der Waals surface area contributed by atoms with Crippen LogP contribution in [0.2, 0.25) is 0 Å². The third-order valence-corrected chi connectivity index (χ3v) is 1.57. The highest BCUT2D eigenvalue weighted by molar-refractivity contribution is 5.96.